The maximum atomic E-state index is 11.0. The molecule has 0 heterocycles. The van der Waals surface area contributed by atoms with Crippen LogP contribution in [-0.4, -0.2) is 17.2 Å². The molecule has 0 unspecified atom stereocenters. The molecule has 1 saturated carbocycles. The van der Waals surface area contributed by atoms with E-state index in [1.165, 1.54) is 11.1 Å². The van der Waals surface area contributed by atoms with E-state index >= 15 is 0 Å². The number of rotatable bonds is 6. The minimum Gasteiger partial charge on any atom is -0.303 e. The molecule has 2 aromatic carbocycles. The van der Waals surface area contributed by atoms with E-state index in [0.29, 0.717) is 6.04 Å². The highest BCUT2D eigenvalue weighted by atomic mass is 16.1. The predicted molar refractivity (Wildman–Crippen MR) is 93.9 cm³/mol. The molecule has 120 valence electrons. The topological polar surface area (TPSA) is 20.3 Å². The Balaban J connectivity index is 1.72. The van der Waals surface area contributed by atoms with Gasteiger partial charge in [0, 0.05) is 25.0 Å². The van der Waals surface area contributed by atoms with E-state index in [9.17, 15) is 4.79 Å². The third-order valence-corrected chi connectivity index (χ3v) is 4.91. The van der Waals surface area contributed by atoms with Gasteiger partial charge in [-0.2, -0.15) is 0 Å². The third kappa shape index (κ3) is 4.52. The van der Waals surface area contributed by atoms with Crippen LogP contribution in [0.15, 0.2) is 60.7 Å². The molecular formula is C21H25NO. The first kappa shape index (κ1) is 15.9. The summed E-state index contributed by atoms with van der Waals surface area (Å²) in [5, 5.41) is 0. The molecule has 1 fully saturated rings. The first-order valence-electron chi connectivity index (χ1n) is 8.62. The van der Waals surface area contributed by atoms with E-state index in [4.69, 9.17) is 0 Å². The van der Waals surface area contributed by atoms with Gasteiger partial charge in [0.05, 0.1) is 0 Å². The molecule has 0 aliphatic heterocycles. The van der Waals surface area contributed by atoms with Crippen molar-refractivity contribution in [1.29, 1.82) is 0 Å². The highest BCUT2D eigenvalue weighted by Crippen LogP contribution is 2.28. The van der Waals surface area contributed by atoms with Gasteiger partial charge in [0.1, 0.15) is 6.29 Å². The van der Waals surface area contributed by atoms with Crippen molar-refractivity contribution in [2.24, 2.45) is 5.92 Å². The van der Waals surface area contributed by atoms with Crippen LogP contribution in [-0.2, 0) is 17.9 Å². The normalized spacial score (nSPS) is 21.3. The summed E-state index contributed by atoms with van der Waals surface area (Å²) in [6.45, 7) is 1.96. The Bertz CT molecular complexity index is 546. The Morgan fingerprint density at radius 1 is 0.783 bits per heavy atom. The van der Waals surface area contributed by atoms with Gasteiger partial charge in [0.2, 0.25) is 0 Å². The summed E-state index contributed by atoms with van der Waals surface area (Å²) in [5.41, 5.74) is 2.72. The van der Waals surface area contributed by atoms with Gasteiger partial charge < -0.3 is 4.79 Å². The zero-order chi connectivity index (χ0) is 15.9. The van der Waals surface area contributed by atoms with Crippen molar-refractivity contribution >= 4 is 6.29 Å². The SMILES string of the molecule is O=CC1CCC(N(Cc2ccccc2)Cc2ccccc2)CC1. The van der Waals surface area contributed by atoms with Crippen molar-refractivity contribution < 1.29 is 4.79 Å². The van der Waals surface area contributed by atoms with Crippen molar-refractivity contribution in [3.05, 3.63) is 71.8 Å². The Hall–Kier alpha value is -1.93. The summed E-state index contributed by atoms with van der Waals surface area (Å²) in [4.78, 5) is 13.6. The predicted octanol–water partition coefficient (Wildman–Crippen LogP) is 4.45. The molecule has 1 aliphatic carbocycles. The molecule has 2 heteroatoms. The van der Waals surface area contributed by atoms with Crippen molar-refractivity contribution in [3.8, 4) is 0 Å². The summed E-state index contributed by atoms with van der Waals surface area (Å²) >= 11 is 0. The van der Waals surface area contributed by atoms with Gasteiger partial charge in [-0.05, 0) is 36.8 Å². The second-order valence-corrected chi connectivity index (χ2v) is 6.58. The summed E-state index contributed by atoms with van der Waals surface area (Å²) in [7, 11) is 0. The monoisotopic (exact) mass is 307 g/mol. The molecule has 0 amide bonds. The number of hydrogen-bond acceptors (Lipinski definition) is 2. The van der Waals surface area contributed by atoms with Gasteiger partial charge in [-0.3, -0.25) is 4.90 Å². The Morgan fingerprint density at radius 3 is 1.70 bits per heavy atom. The lowest BCUT2D eigenvalue weighted by Crippen LogP contribution is -2.37. The van der Waals surface area contributed by atoms with Crippen molar-refractivity contribution in [3.63, 3.8) is 0 Å². The molecule has 3 rings (SSSR count). The van der Waals surface area contributed by atoms with E-state index in [-0.39, 0.29) is 5.92 Å². The van der Waals surface area contributed by atoms with Gasteiger partial charge in [-0.1, -0.05) is 60.7 Å². The number of aldehydes is 1. The average molecular weight is 307 g/mol. The summed E-state index contributed by atoms with van der Waals surface area (Å²) in [6.07, 6.45) is 5.48. The van der Waals surface area contributed by atoms with E-state index in [1.807, 2.05) is 0 Å². The lowest BCUT2D eigenvalue weighted by atomic mass is 9.86. The maximum absolute atomic E-state index is 11.0. The van der Waals surface area contributed by atoms with Crippen molar-refractivity contribution in [2.75, 3.05) is 0 Å². The Kier molecular flexibility index (Phi) is 5.60. The number of carbonyl (C=O) groups excluding carboxylic acids is 1. The van der Waals surface area contributed by atoms with Crippen LogP contribution in [0, 0.1) is 5.92 Å². The minimum atomic E-state index is 0.279. The van der Waals surface area contributed by atoms with Gasteiger partial charge in [-0.25, -0.2) is 0 Å². The lowest BCUT2D eigenvalue weighted by Gasteiger charge is -2.36. The number of hydrogen-bond donors (Lipinski definition) is 0. The smallest absolute Gasteiger partial charge is 0.123 e. The zero-order valence-electron chi connectivity index (χ0n) is 13.6. The second kappa shape index (κ2) is 8.07. The van der Waals surface area contributed by atoms with Crippen molar-refractivity contribution in [2.45, 2.75) is 44.8 Å². The van der Waals surface area contributed by atoms with Gasteiger partial charge >= 0.3 is 0 Å². The molecule has 1 aliphatic rings. The van der Waals surface area contributed by atoms with Crippen LogP contribution in [0.1, 0.15) is 36.8 Å². The van der Waals surface area contributed by atoms with Gasteiger partial charge in [0.15, 0.2) is 0 Å². The first-order valence-corrected chi connectivity index (χ1v) is 8.62. The zero-order valence-corrected chi connectivity index (χ0v) is 13.6. The second-order valence-electron chi connectivity index (χ2n) is 6.58. The van der Waals surface area contributed by atoms with Crippen LogP contribution in [0.25, 0.3) is 0 Å². The van der Waals surface area contributed by atoms with Crippen LogP contribution in [0.3, 0.4) is 0 Å². The molecule has 0 aromatic heterocycles. The third-order valence-electron chi connectivity index (χ3n) is 4.91. The van der Waals surface area contributed by atoms with E-state index in [1.54, 1.807) is 0 Å². The van der Waals surface area contributed by atoms with Crippen LogP contribution in [0.5, 0.6) is 0 Å². The van der Waals surface area contributed by atoms with Crippen LogP contribution >= 0.6 is 0 Å². The van der Waals surface area contributed by atoms with Crippen LogP contribution in [0.4, 0.5) is 0 Å². The van der Waals surface area contributed by atoms with E-state index in [2.05, 4.69) is 65.6 Å². The molecule has 2 nitrogen and oxygen atoms in total. The number of carbonyl (C=O) groups is 1. The van der Waals surface area contributed by atoms with E-state index < -0.39 is 0 Å². The molecular weight excluding hydrogens is 282 g/mol. The summed E-state index contributed by atoms with van der Waals surface area (Å²) in [6, 6.07) is 22.0. The molecule has 0 atom stereocenters. The lowest BCUT2D eigenvalue weighted by molar-refractivity contribution is -0.112. The van der Waals surface area contributed by atoms with E-state index in [0.717, 1.165) is 45.1 Å². The molecule has 0 spiro atoms. The fourth-order valence-electron chi connectivity index (χ4n) is 3.55. The van der Waals surface area contributed by atoms with Gasteiger partial charge in [-0.15, -0.1) is 0 Å². The summed E-state index contributed by atoms with van der Waals surface area (Å²) in [5.74, 6) is 0.279. The molecule has 0 saturated heterocycles. The molecule has 0 N–H and O–H groups in total. The summed E-state index contributed by atoms with van der Waals surface area (Å²) < 4.78 is 0. The largest absolute Gasteiger partial charge is 0.303 e. The van der Waals surface area contributed by atoms with Crippen LogP contribution < -0.4 is 0 Å². The molecule has 2 aromatic rings. The minimum absolute atomic E-state index is 0.279. The van der Waals surface area contributed by atoms with Crippen LogP contribution in [0.2, 0.25) is 0 Å². The standard InChI is InChI=1S/C21H25NO/c23-17-20-11-13-21(14-12-20)22(15-18-7-3-1-4-8-18)16-19-9-5-2-6-10-19/h1-10,17,20-21H,11-16H2. The van der Waals surface area contributed by atoms with Crippen molar-refractivity contribution in [1.82, 2.24) is 4.90 Å². The number of nitrogens with zero attached hydrogens (tertiary/aromatic N) is 1. The fourth-order valence-corrected chi connectivity index (χ4v) is 3.55. The molecule has 0 radical (unpaired) electrons. The fraction of sp³-hybridized carbons (Fsp3) is 0.381. The molecule has 0 bridgehead atoms. The molecule has 23 heavy (non-hydrogen) atoms. The maximum Gasteiger partial charge on any atom is 0.123 e. The quantitative estimate of drug-likeness (QED) is 0.735. The number of benzene rings is 2. The highest BCUT2D eigenvalue weighted by Gasteiger charge is 2.25. The Labute approximate surface area is 139 Å². The Morgan fingerprint density at radius 2 is 1.26 bits per heavy atom. The van der Waals surface area contributed by atoms with Gasteiger partial charge in [0.25, 0.3) is 0 Å². The average Bonchev–Trinajstić information content (AvgIpc) is 2.63. The highest BCUT2D eigenvalue weighted by molar-refractivity contribution is 5.53. The first-order chi connectivity index (χ1) is 11.3.